The SMILES string of the molecule is CCCCCCCCC1CC[C@H]2[C@@H]3C[C@@H](Br)[C@]4(Br)CC(OC(C)=O)CC[C@]4(C)[C@H]3CC[C@]12C. The molecule has 0 radical (unpaired) electrons. The fraction of sp³-hybridized carbons (Fsp3) is 0.966. The van der Waals surface area contributed by atoms with Gasteiger partial charge in [0.15, 0.2) is 0 Å². The van der Waals surface area contributed by atoms with Crippen molar-refractivity contribution < 1.29 is 9.53 Å². The minimum absolute atomic E-state index is 0.0315. The van der Waals surface area contributed by atoms with Crippen LogP contribution in [0, 0.1) is 34.5 Å². The molecule has 0 aromatic heterocycles. The van der Waals surface area contributed by atoms with Gasteiger partial charge in [0.05, 0.1) is 0 Å². The van der Waals surface area contributed by atoms with Gasteiger partial charge in [0, 0.05) is 22.5 Å². The van der Waals surface area contributed by atoms with Crippen molar-refractivity contribution in [1.29, 1.82) is 0 Å². The van der Waals surface area contributed by atoms with Gasteiger partial charge in [0.1, 0.15) is 6.10 Å². The van der Waals surface area contributed by atoms with Gasteiger partial charge in [-0.2, -0.15) is 0 Å². The Kier molecular flexibility index (Phi) is 8.37. The van der Waals surface area contributed by atoms with Crippen LogP contribution in [-0.2, 0) is 9.53 Å². The van der Waals surface area contributed by atoms with E-state index >= 15 is 0 Å². The fourth-order valence-corrected chi connectivity index (χ4v) is 11.4. The second-order valence-electron chi connectivity index (χ2n) is 12.7. The average Bonchev–Trinajstić information content (AvgIpc) is 3.09. The molecule has 0 bridgehead atoms. The largest absolute Gasteiger partial charge is 0.463 e. The lowest BCUT2D eigenvalue weighted by Crippen LogP contribution is -2.64. The molecule has 9 atom stereocenters. The molecule has 4 aliphatic carbocycles. The van der Waals surface area contributed by atoms with Crippen molar-refractivity contribution in [3.05, 3.63) is 0 Å². The van der Waals surface area contributed by atoms with E-state index < -0.39 is 0 Å². The number of esters is 1. The average molecular weight is 589 g/mol. The van der Waals surface area contributed by atoms with E-state index in [0.717, 1.165) is 36.5 Å². The van der Waals surface area contributed by atoms with Crippen LogP contribution in [0.25, 0.3) is 0 Å². The number of ether oxygens (including phenoxy) is 1. The predicted octanol–water partition coefficient (Wildman–Crippen LogP) is 9.22. The zero-order valence-electron chi connectivity index (χ0n) is 21.6. The van der Waals surface area contributed by atoms with Crippen molar-refractivity contribution in [2.24, 2.45) is 34.5 Å². The third kappa shape index (κ3) is 4.76. The van der Waals surface area contributed by atoms with Gasteiger partial charge in [-0.15, -0.1) is 0 Å². The van der Waals surface area contributed by atoms with Crippen molar-refractivity contribution in [1.82, 2.24) is 0 Å². The maximum Gasteiger partial charge on any atom is 0.302 e. The van der Waals surface area contributed by atoms with E-state index in [2.05, 4.69) is 52.6 Å². The molecule has 0 aromatic rings. The van der Waals surface area contributed by atoms with Gasteiger partial charge in [-0.05, 0) is 85.9 Å². The summed E-state index contributed by atoms with van der Waals surface area (Å²) in [5.74, 6) is 3.38. The molecule has 4 heteroatoms. The third-order valence-corrected chi connectivity index (χ3v) is 14.7. The quantitative estimate of drug-likeness (QED) is 0.161. The van der Waals surface area contributed by atoms with E-state index in [9.17, 15) is 4.79 Å². The van der Waals surface area contributed by atoms with E-state index in [-0.39, 0.29) is 21.8 Å². The van der Waals surface area contributed by atoms with Crippen molar-refractivity contribution in [2.45, 2.75) is 139 Å². The summed E-state index contributed by atoms with van der Waals surface area (Å²) in [6.07, 6.45) is 20.2. The second kappa shape index (κ2) is 10.4. The molecule has 0 heterocycles. The molecule has 4 aliphatic rings. The maximum absolute atomic E-state index is 11.6. The summed E-state index contributed by atoms with van der Waals surface area (Å²) in [6, 6.07) is 0. The number of hydrogen-bond donors (Lipinski definition) is 0. The summed E-state index contributed by atoms with van der Waals surface area (Å²) in [6.45, 7) is 9.12. The van der Waals surface area contributed by atoms with Crippen LogP contribution in [-0.4, -0.2) is 21.2 Å². The number of hydrogen-bond acceptors (Lipinski definition) is 2. The Morgan fingerprint density at radius 3 is 2.42 bits per heavy atom. The van der Waals surface area contributed by atoms with Crippen molar-refractivity contribution >= 4 is 37.8 Å². The Morgan fingerprint density at radius 1 is 0.970 bits per heavy atom. The molecular weight excluding hydrogens is 540 g/mol. The molecule has 2 unspecified atom stereocenters. The number of rotatable bonds is 8. The monoisotopic (exact) mass is 586 g/mol. The van der Waals surface area contributed by atoms with Crippen LogP contribution in [0.4, 0.5) is 0 Å². The van der Waals surface area contributed by atoms with Crippen molar-refractivity contribution in [3.8, 4) is 0 Å². The van der Waals surface area contributed by atoms with Crippen LogP contribution >= 0.6 is 31.9 Å². The lowest BCUT2D eigenvalue weighted by Gasteiger charge is -2.65. The van der Waals surface area contributed by atoms with Crippen LogP contribution in [0.2, 0.25) is 0 Å². The van der Waals surface area contributed by atoms with Gasteiger partial charge in [0.25, 0.3) is 0 Å². The first-order valence-electron chi connectivity index (χ1n) is 14.2. The Bertz CT molecular complexity index is 697. The Balaban J connectivity index is 1.44. The van der Waals surface area contributed by atoms with Crippen LogP contribution in [0.3, 0.4) is 0 Å². The topological polar surface area (TPSA) is 26.3 Å². The summed E-state index contributed by atoms with van der Waals surface area (Å²) in [7, 11) is 0. The summed E-state index contributed by atoms with van der Waals surface area (Å²) < 4.78 is 5.74. The standard InChI is InChI=1S/C29H48Br2O2/c1-5-6-7-8-9-10-11-21-12-13-24-23-18-26(30)29(31)19-22(33-20(2)32)14-17-28(29,4)25(23)15-16-27(21,24)3/h21-26H,5-19H2,1-4H3/t21?,22?,23-,24-,25-,26+,27+,28+,29+/m0/s1. The molecule has 0 saturated heterocycles. The van der Waals surface area contributed by atoms with Crippen molar-refractivity contribution in [2.75, 3.05) is 0 Å². The summed E-state index contributed by atoms with van der Waals surface area (Å²) in [5, 5.41) is 0. The molecular formula is C29H48Br2O2. The normalized spacial score (nSPS) is 46.8. The lowest BCUT2D eigenvalue weighted by molar-refractivity contribution is -0.155. The van der Waals surface area contributed by atoms with E-state index in [4.69, 9.17) is 4.74 Å². The van der Waals surface area contributed by atoms with E-state index in [1.54, 1.807) is 6.92 Å². The number of alkyl halides is 2. The van der Waals surface area contributed by atoms with Gasteiger partial charge in [-0.3, -0.25) is 4.79 Å². The second-order valence-corrected chi connectivity index (χ2v) is 15.2. The molecule has 2 nitrogen and oxygen atoms in total. The highest BCUT2D eigenvalue weighted by molar-refractivity contribution is 9.12. The summed E-state index contributed by atoms with van der Waals surface area (Å²) in [5.41, 5.74) is 0.842. The molecule has 33 heavy (non-hydrogen) atoms. The first-order valence-corrected chi connectivity index (χ1v) is 15.9. The van der Waals surface area contributed by atoms with Gasteiger partial charge in [-0.25, -0.2) is 0 Å². The molecule has 190 valence electrons. The smallest absolute Gasteiger partial charge is 0.302 e. The number of halogens is 2. The molecule has 4 saturated carbocycles. The Hall–Kier alpha value is 0.430. The van der Waals surface area contributed by atoms with Gasteiger partial charge >= 0.3 is 5.97 Å². The number of carbonyl (C=O) groups is 1. The zero-order valence-corrected chi connectivity index (χ0v) is 24.8. The first-order chi connectivity index (χ1) is 15.7. The van der Waals surface area contributed by atoms with Crippen LogP contribution in [0.15, 0.2) is 0 Å². The molecule has 0 aromatic carbocycles. The van der Waals surface area contributed by atoms with Crippen LogP contribution < -0.4 is 0 Å². The van der Waals surface area contributed by atoms with E-state index in [1.807, 2.05) is 0 Å². The highest BCUT2D eigenvalue weighted by Crippen LogP contribution is 2.71. The van der Waals surface area contributed by atoms with E-state index in [0.29, 0.717) is 10.2 Å². The third-order valence-electron chi connectivity index (χ3n) is 11.1. The zero-order chi connectivity index (χ0) is 23.9. The highest BCUT2D eigenvalue weighted by Gasteiger charge is 2.66. The molecule has 0 amide bonds. The first kappa shape index (κ1) is 26.5. The number of fused-ring (bicyclic) bond motifs is 5. The molecule has 0 aliphatic heterocycles. The Labute approximate surface area is 220 Å². The number of carbonyl (C=O) groups excluding carboxylic acids is 1. The molecule has 0 spiro atoms. The Morgan fingerprint density at radius 2 is 1.70 bits per heavy atom. The summed E-state index contributed by atoms with van der Waals surface area (Å²) >= 11 is 8.50. The number of unbranched alkanes of at least 4 members (excludes halogenated alkanes) is 5. The molecule has 4 fully saturated rings. The highest BCUT2D eigenvalue weighted by atomic mass is 79.9. The van der Waals surface area contributed by atoms with Crippen LogP contribution in [0.5, 0.6) is 0 Å². The lowest BCUT2D eigenvalue weighted by atomic mass is 9.44. The molecule has 4 rings (SSSR count). The predicted molar refractivity (Wildman–Crippen MR) is 145 cm³/mol. The summed E-state index contributed by atoms with van der Waals surface area (Å²) in [4.78, 5) is 12.1. The molecule has 0 N–H and O–H groups in total. The van der Waals surface area contributed by atoms with Crippen molar-refractivity contribution in [3.63, 3.8) is 0 Å². The van der Waals surface area contributed by atoms with E-state index in [1.165, 1.54) is 83.5 Å². The fourth-order valence-electron chi connectivity index (χ4n) is 9.24. The maximum atomic E-state index is 11.6. The van der Waals surface area contributed by atoms with Crippen LogP contribution in [0.1, 0.15) is 124 Å². The van der Waals surface area contributed by atoms with Gasteiger partial charge in [0.2, 0.25) is 0 Å². The van der Waals surface area contributed by atoms with Gasteiger partial charge < -0.3 is 4.74 Å². The minimum atomic E-state index is -0.129. The van der Waals surface area contributed by atoms with Gasteiger partial charge in [-0.1, -0.05) is 91.2 Å². The minimum Gasteiger partial charge on any atom is -0.463 e.